The lowest BCUT2D eigenvalue weighted by molar-refractivity contribution is 0.113. The second-order valence-electron chi connectivity index (χ2n) is 7.76. The lowest BCUT2D eigenvalue weighted by Crippen LogP contribution is -2.35. The quantitative estimate of drug-likeness (QED) is 0.564. The summed E-state index contributed by atoms with van der Waals surface area (Å²) in [6.07, 6.45) is 2.07. The Balaban J connectivity index is 1.52. The number of hydrogen-bond donors (Lipinski definition) is 2. The summed E-state index contributed by atoms with van der Waals surface area (Å²) in [6, 6.07) is 11.5. The van der Waals surface area contributed by atoms with Crippen LogP contribution in [0.3, 0.4) is 0 Å². The molecule has 1 aliphatic rings. The normalized spacial score (nSPS) is 15.1. The van der Waals surface area contributed by atoms with E-state index >= 15 is 0 Å². The first-order valence-electron chi connectivity index (χ1n) is 10.2. The van der Waals surface area contributed by atoms with Crippen molar-refractivity contribution in [3.63, 3.8) is 0 Å². The minimum Gasteiger partial charge on any atom is -0.490 e. The Bertz CT molecular complexity index is 1170. The van der Waals surface area contributed by atoms with E-state index in [1.54, 1.807) is 30.3 Å². The average molecular weight is 442 g/mol. The summed E-state index contributed by atoms with van der Waals surface area (Å²) in [4.78, 5) is 27.0. The Labute approximate surface area is 184 Å². The van der Waals surface area contributed by atoms with Crippen molar-refractivity contribution >= 4 is 40.0 Å². The number of rotatable bonds is 4. The fraction of sp³-hybridized carbons (Fsp3) is 0.304. The van der Waals surface area contributed by atoms with E-state index in [0.29, 0.717) is 27.4 Å². The number of carbonyl (C=O) groups is 1. The summed E-state index contributed by atoms with van der Waals surface area (Å²) in [6.45, 7) is 3.87. The van der Waals surface area contributed by atoms with Crippen LogP contribution in [0, 0.1) is 6.92 Å². The molecule has 3 aromatic rings. The number of piperidine rings is 1. The summed E-state index contributed by atoms with van der Waals surface area (Å²) in [5, 5.41) is 6.37. The number of likely N-dealkylation sites (tertiary alicyclic amines) is 1. The van der Waals surface area contributed by atoms with Crippen LogP contribution in [0.2, 0.25) is 5.02 Å². The molecule has 2 amide bonds. The molecular formula is C23H24ClN3O4. The van der Waals surface area contributed by atoms with E-state index in [9.17, 15) is 9.59 Å². The van der Waals surface area contributed by atoms with Crippen molar-refractivity contribution in [1.29, 1.82) is 0 Å². The van der Waals surface area contributed by atoms with Gasteiger partial charge in [-0.1, -0.05) is 17.7 Å². The first-order valence-corrected chi connectivity index (χ1v) is 10.5. The summed E-state index contributed by atoms with van der Waals surface area (Å²) >= 11 is 5.93. The van der Waals surface area contributed by atoms with Crippen molar-refractivity contribution in [3.8, 4) is 5.75 Å². The van der Waals surface area contributed by atoms with Gasteiger partial charge in [0.15, 0.2) is 0 Å². The summed E-state index contributed by atoms with van der Waals surface area (Å²) in [5.74, 6) is 0.713. The summed E-state index contributed by atoms with van der Waals surface area (Å²) in [5.41, 5.74) is 1.16. The standard InChI is InChI=1S/C23H24ClN3O4/c1-14-20(30-18-8-10-27(2)11-9-18)7-6-15-12-19(22(28)31-21(14)15)26-23(29)25-17-5-3-4-16(24)13-17/h3-7,12-13,18H,8-11H2,1-2H3,(H2,25,26,29). The van der Waals surface area contributed by atoms with Gasteiger partial charge in [-0.05, 0) is 63.2 Å². The molecule has 0 unspecified atom stereocenters. The molecule has 0 atom stereocenters. The molecule has 1 aliphatic heterocycles. The third kappa shape index (κ3) is 5.00. The smallest absolute Gasteiger partial charge is 0.360 e. The van der Waals surface area contributed by atoms with Gasteiger partial charge in [-0.15, -0.1) is 0 Å². The molecule has 0 saturated carbocycles. The molecule has 2 aromatic carbocycles. The molecule has 2 heterocycles. The molecule has 0 spiro atoms. The number of urea groups is 1. The van der Waals surface area contributed by atoms with Crippen LogP contribution in [0.4, 0.5) is 16.2 Å². The fourth-order valence-corrected chi connectivity index (χ4v) is 3.84. The van der Waals surface area contributed by atoms with Crippen LogP contribution in [-0.2, 0) is 0 Å². The van der Waals surface area contributed by atoms with E-state index in [2.05, 4.69) is 22.6 Å². The molecule has 0 radical (unpaired) electrons. The molecule has 1 fully saturated rings. The minimum absolute atomic E-state index is 0.0513. The van der Waals surface area contributed by atoms with Gasteiger partial charge in [0.1, 0.15) is 23.1 Å². The number of ether oxygens (including phenoxy) is 1. The SMILES string of the molecule is Cc1c(OC2CCN(C)CC2)ccc2cc(NC(=O)Nc3cccc(Cl)c3)c(=O)oc12. The van der Waals surface area contributed by atoms with Crippen molar-refractivity contribution in [2.75, 3.05) is 30.8 Å². The van der Waals surface area contributed by atoms with Gasteiger partial charge in [-0.25, -0.2) is 9.59 Å². The summed E-state index contributed by atoms with van der Waals surface area (Å²) < 4.78 is 11.7. The van der Waals surface area contributed by atoms with E-state index in [-0.39, 0.29) is 11.8 Å². The molecule has 4 rings (SSSR count). The molecule has 162 valence electrons. The van der Waals surface area contributed by atoms with E-state index in [0.717, 1.165) is 31.5 Å². The van der Waals surface area contributed by atoms with Gasteiger partial charge in [0, 0.05) is 34.7 Å². The van der Waals surface area contributed by atoms with E-state index in [1.165, 1.54) is 0 Å². The summed E-state index contributed by atoms with van der Waals surface area (Å²) in [7, 11) is 2.10. The molecule has 1 aromatic heterocycles. The highest BCUT2D eigenvalue weighted by Crippen LogP contribution is 2.30. The van der Waals surface area contributed by atoms with Crippen molar-refractivity contribution < 1.29 is 13.9 Å². The van der Waals surface area contributed by atoms with Gasteiger partial charge in [0.2, 0.25) is 0 Å². The third-order valence-corrected chi connectivity index (χ3v) is 5.63. The van der Waals surface area contributed by atoms with Crippen LogP contribution in [0.15, 0.2) is 51.7 Å². The average Bonchev–Trinajstić information content (AvgIpc) is 2.73. The Kier molecular flexibility index (Phi) is 6.15. The number of halogens is 1. The lowest BCUT2D eigenvalue weighted by Gasteiger charge is -2.29. The highest BCUT2D eigenvalue weighted by Gasteiger charge is 2.20. The first kappa shape index (κ1) is 21.2. The van der Waals surface area contributed by atoms with E-state index in [1.807, 2.05) is 19.1 Å². The zero-order chi connectivity index (χ0) is 22.0. The second kappa shape index (κ2) is 8.99. The maximum absolute atomic E-state index is 12.5. The molecular weight excluding hydrogens is 418 g/mol. The van der Waals surface area contributed by atoms with Crippen LogP contribution in [-0.4, -0.2) is 37.2 Å². The highest BCUT2D eigenvalue weighted by molar-refractivity contribution is 6.30. The van der Waals surface area contributed by atoms with Gasteiger partial charge in [-0.2, -0.15) is 0 Å². The molecule has 8 heteroatoms. The van der Waals surface area contributed by atoms with Gasteiger partial charge in [0.05, 0.1) is 0 Å². The maximum atomic E-state index is 12.5. The topological polar surface area (TPSA) is 83.8 Å². The molecule has 0 aliphatic carbocycles. The van der Waals surface area contributed by atoms with Gasteiger partial charge in [0.25, 0.3) is 0 Å². The van der Waals surface area contributed by atoms with Crippen molar-refractivity contribution in [3.05, 3.63) is 63.5 Å². The number of fused-ring (bicyclic) bond motifs is 1. The van der Waals surface area contributed by atoms with Gasteiger partial charge in [-0.3, -0.25) is 0 Å². The Morgan fingerprint density at radius 3 is 2.68 bits per heavy atom. The predicted octanol–water partition coefficient (Wildman–Crippen LogP) is 4.87. The number of amides is 2. The molecule has 1 saturated heterocycles. The first-order chi connectivity index (χ1) is 14.9. The van der Waals surface area contributed by atoms with Crippen LogP contribution in [0.25, 0.3) is 11.0 Å². The largest absolute Gasteiger partial charge is 0.490 e. The van der Waals surface area contributed by atoms with Crippen LogP contribution in [0.5, 0.6) is 5.75 Å². The van der Waals surface area contributed by atoms with Gasteiger partial charge < -0.3 is 24.7 Å². The third-order valence-electron chi connectivity index (χ3n) is 5.39. The number of aryl methyl sites for hydroxylation is 1. The Morgan fingerprint density at radius 2 is 1.94 bits per heavy atom. The Morgan fingerprint density at radius 1 is 1.16 bits per heavy atom. The fourth-order valence-electron chi connectivity index (χ4n) is 3.65. The highest BCUT2D eigenvalue weighted by atomic mass is 35.5. The van der Waals surface area contributed by atoms with Crippen molar-refractivity contribution in [2.45, 2.75) is 25.9 Å². The molecule has 0 bridgehead atoms. The molecule has 31 heavy (non-hydrogen) atoms. The van der Waals surface area contributed by atoms with Crippen LogP contribution >= 0.6 is 11.6 Å². The number of anilines is 2. The second-order valence-corrected chi connectivity index (χ2v) is 8.20. The lowest BCUT2D eigenvalue weighted by atomic mass is 10.1. The number of nitrogens with zero attached hydrogens (tertiary/aromatic N) is 1. The number of hydrogen-bond acceptors (Lipinski definition) is 5. The number of nitrogens with one attached hydrogen (secondary N) is 2. The molecule has 2 N–H and O–H groups in total. The zero-order valence-corrected chi connectivity index (χ0v) is 18.2. The number of carbonyl (C=O) groups excluding carboxylic acids is 1. The van der Waals surface area contributed by atoms with E-state index in [4.69, 9.17) is 20.8 Å². The maximum Gasteiger partial charge on any atom is 0.360 e. The predicted molar refractivity (Wildman–Crippen MR) is 122 cm³/mol. The van der Waals surface area contributed by atoms with E-state index < -0.39 is 11.7 Å². The van der Waals surface area contributed by atoms with Crippen molar-refractivity contribution in [2.24, 2.45) is 0 Å². The molecule has 7 nitrogen and oxygen atoms in total. The Hall–Kier alpha value is -3.03. The van der Waals surface area contributed by atoms with Gasteiger partial charge >= 0.3 is 11.7 Å². The van der Waals surface area contributed by atoms with Crippen LogP contribution in [0.1, 0.15) is 18.4 Å². The zero-order valence-electron chi connectivity index (χ0n) is 17.4. The van der Waals surface area contributed by atoms with Crippen molar-refractivity contribution in [1.82, 2.24) is 4.90 Å². The number of benzene rings is 2. The van der Waals surface area contributed by atoms with Crippen LogP contribution < -0.4 is 21.0 Å². The monoisotopic (exact) mass is 441 g/mol. The minimum atomic E-state index is -0.631.